The average Bonchev–Trinajstić information content (AvgIpc) is 2.89. The van der Waals surface area contributed by atoms with E-state index in [1.165, 1.54) is 6.07 Å². The van der Waals surface area contributed by atoms with Crippen LogP contribution in [-0.4, -0.2) is 31.7 Å². The number of ether oxygens (including phenoxy) is 1. The second-order valence-corrected chi connectivity index (χ2v) is 10.7. The van der Waals surface area contributed by atoms with Crippen LogP contribution in [-0.2, 0) is 34.2 Å². The molecule has 0 saturated heterocycles. The number of para-hydroxylation sites is 1. The number of carboxylic acid groups (broad SMARTS) is 1. The van der Waals surface area contributed by atoms with Crippen LogP contribution in [0, 0.1) is 0 Å². The SMILES string of the molecule is CS(=O)(=O)c1ccccc1OCc1ccc(CCC(=O)O)c(C(=O)NCc2cccc3ccccc23)c1. The number of hydrogen-bond donors (Lipinski definition) is 2. The van der Waals surface area contributed by atoms with Gasteiger partial charge in [0.2, 0.25) is 0 Å². The molecule has 1 amide bonds. The van der Waals surface area contributed by atoms with Gasteiger partial charge in [0.1, 0.15) is 17.3 Å². The van der Waals surface area contributed by atoms with E-state index in [4.69, 9.17) is 9.84 Å². The first-order chi connectivity index (χ1) is 17.7. The quantitative estimate of drug-likeness (QED) is 0.314. The predicted molar refractivity (Wildman–Crippen MR) is 141 cm³/mol. The van der Waals surface area contributed by atoms with Gasteiger partial charge in [-0.15, -0.1) is 0 Å². The van der Waals surface area contributed by atoms with E-state index in [1.807, 2.05) is 42.5 Å². The fraction of sp³-hybridized carbons (Fsp3) is 0.172. The summed E-state index contributed by atoms with van der Waals surface area (Å²) in [5.41, 5.74) is 2.59. The molecule has 0 fully saturated rings. The Labute approximate surface area is 215 Å². The normalized spacial score (nSPS) is 11.3. The minimum Gasteiger partial charge on any atom is -0.488 e. The number of rotatable bonds is 10. The van der Waals surface area contributed by atoms with Crippen molar-refractivity contribution in [1.82, 2.24) is 5.32 Å². The number of carbonyl (C=O) groups is 2. The van der Waals surface area contributed by atoms with Crippen molar-refractivity contribution in [2.24, 2.45) is 0 Å². The average molecular weight is 518 g/mol. The lowest BCUT2D eigenvalue weighted by atomic mass is 9.99. The van der Waals surface area contributed by atoms with Crippen molar-refractivity contribution in [3.05, 3.63) is 107 Å². The van der Waals surface area contributed by atoms with Crippen molar-refractivity contribution in [3.8, 4) is 5.75 Å². The molecule has 8 heteroatoms. The van der Waals surface area contributed by atoms with E-state index in [0.29, 0.717) is 23.2 Å². The molecule has 0 heterocycles. The lowest BCUT2D eigenvalue weighted by molar-refractivity contribution is -0.136. The molecule has 0 aliphatic carbocycles. The second-order valence-electron chi connectivity index (χ2n) is 8.71. The molecule has 190 valence electrons. The summed E-state index contributed by atoms with van der Waals surface area (Å²) in [7, 11) is -3.48. The summed E-state index contributed by atoms with van der Waals surface area (Å²) in [4.78, 5) is 24.5. The zero-order chi connectivity index (χ0) is 26.4. The highest BCUT2D eigenvalue weighted by molar-refractivity contribution is 7.90. The topological polar surface area (TPSA) is 110 Å². The number of carbonyl (C=O) groups excluding carboxylic acids is 1. The molecular formula is C29H27NO6S. The lowest BCUT2D eigenvalue weighted by Gasteiger charge is -2.14. The van der Waals surface area contributed by atoms with Crippen LogP contribution in [0.5, 0.6) is 5.75 Å². The number of sulfone groups is 1. The molecule has 2 N–H and O–H groups in total. The maximum Gasteiger partial charge on any atom is 0.303 e. The highest BCUT2D eigenvalue weighted by Gasteiger charge is 2.16. The Morgan fingerprint density at radius 1 is 0.892 bits per heavy atom. The van der Waals surface area contributed by atoms with Crippen LogP contribution in [0.15, 0.2) is 89.8 Å². The summed E-state index contributed by atoms with van der Waals surface area (Å²) in [5, 5.41) is 14.2. The Morgan fingerprint density at radius 3 is 2.41 bits per heavy atom. The molecule has 7 nitrogen and oxygen atoms in total. The van der Waals surface area contributed by atoms with E-state index in [2.05, 4.69) is 5.32 Å². The molecule has 0 radical (unpaired) electrons. The zero-order valence-corrected chi connectivity index (χ0v) is 21.1. The summed E-state index contributed by atoms with van der Waals surface area (Å²) in [6.45, 7) is 0.344. The van der Waals surface area contributed by atoms with Gasteiger partial charge in [0.15, 0.2) is 9.84 Å². The molecule has 0 aromatic heterocycles. The molecule has 0 saturated carbocycles. The molecule has 0 spiro atoms. The van der Waals surface area contributed by atoms with E-state index >= 15 is 0 Å². The van der Waals surface area contributed by atoms with Crippen molar-refractivity contribution < 1.29 is 27.9 Å². The third-order valence-electron chi connectivity index (χ3n) is 5.99. The summed E-state index contributed by atoms with van der Waals surface area (Å²) in [6, 6.07) is 25.3. The van der Waals surface area contributed by atoms with Crippen molar-refractivity contribution in [3.63, 3.8) is 0 Å². The molecule has 4 aromatic rings. The Hall–Kier alpha value is -4.17. The summed E-state index contributed by atoms with van der Waals surface area (Å²) in [5.74, 6) is -1.06. The number of carboxylic acids is 1. The zero-order valence-electron chi connectivity index (χ0n) is 20.3. The van der Waals surface area contributed by atoms with Crippen molar-refractivity contribution in [2.75, 3.05) is 6.26 Å². The molecule has 0 aliphatic heterocycles. The fourth-order valence-electron chi connectivity index (χ4n) is 4.14. The van der Waals surface area contributed by atoms with Crippen LogP contribution in [0.3, 0.4) is 0 Å². The minimum atomic E-state index is -3.48. The van der Waals surface area contributed by atoms with E-state index in [1.54, 1.807) is 36.4 Å². The van der Waals surface area contributed by atoms with Gasteiger partial charge >= 0.3 is 5.97 Å². The lowest BCUT2D eigenvalue weighted by Crippen LogP contribution is -2.24. The van der Waals surface area contributed by atoms with Gasteiger partial charge in [-0.25, -0.2) is 8.42 Å². The Morgan fingerprint density at radius 2 is 1.62 bits per heavy atom. The van der Waals surface area contributed by atoms with Gasteiger partial charge in [0.05, 0.1) is 0 Å². The van der Waals surface area contributed by atoms with Gasteiger partial charge < -0.3 is 15.2 Å². The number of hydrogen-bond acceptors (Lipinski definition) is 5. The molecule has 0 atom stereocenters. The Kier molecular flexibility index (Phi) is 7.89. The summed E-state index contributed by atoms with van der Waals surface area (Å²) >= 11 is 0. The largest absolute Gasteiger partial charge is 0.488 e. The fourth-order valence-corrected chi connectivity index (χ4v) is 4.96. The monoisotopic (exact) mass is 517 g/mol. The second kappa shape index (κ2) is 11.3. The molecule has 0 aliphatic rings. The van der Waals surface area contributed by atoms with Crippen LogP contribution in [0.1, 0.15) is 33.5 Å². The van der Waals surface area contributed by atoms with Gasteiger partial charge in [0, 0.05) is 24.8 Å². The van der Waals surface area contributed by atoms with E-state index in [9.17, 15) is 18.0 Å². The van der Waals surface area contributed by atoms with Crippen LogP contribution in [0.4, 0.5) is 0 Å². The first kappa shape index (κ1) is 25.9. The third kappa shape index (κ3) is 6.54. The number of aliphatic carboxylic acids is 1. The van der Waals surface area contributed by atoms with Crippen molar-refractivity contribution >= 4 is 32.5 Å². The Bertz CT molecular complexity index is 1560. The molecular weight excluding hydrogens is 490 g/mol. The molecule has 0 unspecified atom stereocenters. The molecule has 37 heavy (non-hydrogen) atoms. The Balaban J connectivity index is 1.56. The molecule has 0 bridgehead atoms. The number of aryl methyl sites for hydroxylation is 1. The number of nitrogens with one attached hydrogen (secondary N) is 1. The van der Waals surface area contributed by atoms with Gasteiger partial charge in [-0.1, -0.05) is 66.7 Å². The van der Waals surface area contributed by atoms with Gasteiger partial charge in [0.25, 0.3) is 5.91 Å². The van der Waals surface area contributed by atoms with Crippen molar-refractivity contribution in [2.45, 2.75) is 30.9 Å². The number of amides is 1. The maximum atomic E-state index is 13.3. The van der Waals surface area contributed by atoms with Crippen LogP contribution >= 0.6 is 0 Å². The number of benzene rings is 4. The van der Waals surface area contributed by atoms with E-state index in [0.717, 1.165) is 22.6 Å². The first-order valence-corrected chi connectivity index (χ1v) is 13.6. The van der Waals surface area contributed by atoms with Crippen molar-refractivity contribution in [1.29, 1.82) is 0 Å². The van der Waals surface area contributed by atoms with E-state index < -0.39 is 15.8 Å². The summed E-state index contributed by atoms with van der Waals surface area (Å²) in [6.07, 6.45) is 1.20. The standard InChI is InChI=1S/C29H27NO6S/c1-37(34,35)27-12-5-4-11-26(27)36-19-20-13-14-22(15-16-28(31)32)25(17-20)29(33)30-18-23-9-6-8-21-7-2-3-10-24(21)23/h2-14,17H,15-16,18-19H2,1H3,(H,30,33)(H,31,32). The predicted octanol–water partition coefficient (Wildman–Crippen LogP) is 4.77. The van der Waals surface area contributed by atoms with Crippen LogP contribution in [0.2, 0.25) is 0 Å². The van der Waals surface area contributed by atoms with E-state index in [-0.39, 0.29) is 36.0 Å². The summed E-state index contributed by atoms with van der Waals surface area (Å²) < 4.78 is 29.9. The van der Waals surface area contributed by atoms with Crippen LogP contribution < -0.4 is 10.1 Å². The highest BCUT2D eigenvalue weighted by Crippen LogP contribution is 2.25. The minimum absolute atomic E-state index is 0.0371. The molecule has 4 aromatic carbocycles. The third-order valence-corrected chi connectivity index (χ3v) is 7.13. The number of fused-ring (bicyclic) bond motifs is 1. The maximum absolute atomic E-state index is 13.3. The van der Waals surface area contributed by atoms with Gasteiger partial charge in [-0.3, -0.25) is 9.59 Å². The van der Waals surface area contributed by atoms with Crippen LogP contribution in [0.25, 0.3) is 10.8 Å². The van der Waals surface area contributed by atoms with Gasteiger partial charge in [-0.2, -0.15) is 0 Å². The smallest absolute Gasteiger partial charge is 0.303 e. The highest BCUT2D eigenvalue weighted by atomic mass is 32.2. The first-order valence-electron chi connectivity index (χ1n) is 11.7. The molecule has 4 rings (SSSR count). The van der Waals surface area contributed by atoms with Gasteiger partial charge in [-0.05, 0) is 52.1 Å².